The molecule has 0 saturated carbocycles. The van der Waals surface area contributed by atoms with Gasteiger partial charge in [-0.3, -0.25) is 9.59 Å². The Morgan fingerprint density at radius 2 is 1.72 bits per heavy atom. The summed E-state index contributed by atoms with van der Waals surface area (Å²) in [6, 6.07) is 18.1. The molecule has 0 aliphatic carbocycles. The van der Waals surface area contributed by atoms with Gasteiger partial charge in [-0.25, -0.2) is 0 Å². The Morgan fingerprint density at radius 1 is 1.03 bits per heavy atom. The molecule has 0 bridgehead atoms. The van der Waals surface area contributed by atoms with E-state index in [1.165, 1.54) is 0 Å². The van der Waals surface area contributed by atoms with Crippen LogP contribution in [0.4, 0.5) is 0 Å². The first-order valence-corrected chi connectivity index (χ1v) is 9.61. The highest BCUT2D eigenvalue weighted by molar-refractivity contribution is 5.98. The summed E-state index contributed by atoms with van der Waals surface area (Å²) in [6.45, 7) is 5.85. The fraction of sp³-hybridized carbons (Fsp3) is 0.261. The van der Waals surface area contributed by atoms with Gasteiger partial charge in [0.15, 0.2) is 5.76 Å². The lowest BCUT2D eigenvalue weighted by Crippen LogP contribution is -2.49. The maximum Gasteiger partial charge on any atom is 0.252 e. The maximum atomic E-state index is 12.7. The van der Waals surface area contributed by atoms with Crippen molar-refractivity contribution in [3.8, 4) is 11.3 Å². The van der Waals surface area contributed by atoms with Gasteiger partial charge in [0.05, 0.1) is 6.54 Å². The Balaban J connectivity index is 1.62. The number of hydrogen-bond acceptors (Lipinski definition) is 4. The van der Waals surface area contributed by atoms with Crippen LogP contribution in [-0.2, 0) is 11.3 Å². The molecule has 1 aromatic heterocycles. The Labute approximate surface area is 170 Å². The second kappa shape index (κ2) is 9.19. The van der Waals surface area contributed by atoms with E-state index in [0.29, 0.717) is 17.0 Å². The molecule has 2 amide bonds. The molecule has 3 rings (SSSR count). The van der Waals surface area contributed by atoms with E-state index in [4.69, 9.17) is 4.52 Å². The zero-order chi connectivity index (χ0) is 20.8. The molecule has 150 valence electrons. The third-order valence-electron chi connectivity index (χ3n) is 4.69. The van der Waals surface area contributed by atoms with Crippen molar-refractivity contribution in [2.75, 3.05) is 0 Å². The standard InChI is InChI=1S/C23H25N3O3/c1-15(2)21(25-22(27)19-12-8-7-9-16(19)3)23(28)24-14-18-13-20(26-29-18)17-10-5-4-6-11-17/h4-13,15,21H,14H2,1-3H3,(H,24,28)(H,25,27)/t21-/m1/s1. The van der Waals surface area contributed by atoms with Crippen LogP contribution in [0.1, 0.15) is 35.5 Å². The van der Waals surface area contributed by atoms with Crippen LogP contribution in [0, 0.1) is 12.8 Å². The summed E-state index contributed by atoms with van der Waals surface area (Å²) in [5.74, 6) is -0.0508. The number of nitrogens with one attached hydrogen (secondary N) is 2. The van der Waals surface area contributed by atoms with Crippen molar-refractivity contribution in [2.45, 2.75) is 33.4 Å². The van der Waals surface area contributed by atoms with Gasteiger partial charge in [-0.2, -0.15) is 0 Å². The van der Waals surface area contributed by atoms with E-state index >= 15 is 0 Å². The van der Waals surface area contributed by atoms with Crippen LogP contribution in [-0.4, -0.2) is 23.0 Å². The molecule has 0 spiro atoms. The molecule has 0 aliphatic rings. The molecule has 0 unspecified atom stereocenters. The van der Waals surface area contributed by atoms with Crippen molar-refractivity contribution >= 4 is 11.8 Å². The normalized spacial score (nSPS) is 11.9. The minimum Gasteiger partial charge on any atom is -0.359 e. The summed E-state index contributed by atoms with van der Waals surface area (Å²) >= 11 is 0. The molecule has 29 heavy (non-hydrogen) atoms. The van der Waals surface area contributed by atoms with Gasteiger partial charge in [0, 0.05) is 17.2 Å². The number of benzene rings is 2. The number of carbonyl (C=O) groups excluding carboxylic acids is 2. The highest BCUT2D eigenvalue weighted by atomic mass is 16.5. The predicted octanol–water partition coefficient (Wildman–Crippen LogP) is 3.72. The average Bonchev–Trinajstić information content (AvgIpc) is 3.20. The zero-order valence-electron chi connectivity index (χ0n) is 16.8. The van der Waals surface area contributed by atoms with Gasteiger partial charge in [-0.1, -0.05) is 67.5 Å². The summed E-state index contributed by atoms with van der Waals surface area (Å²) < 4.78 is 5.32. The second-order valence-corrected chi connectivity index (χ2v) is 7.27. The quantitative estimate of drug-likeness (QED) is 0.643. The average molecular weight is 391 g/mol. The molecule has 0 radical (unpaired) electrons. The van der Waals surface area contributed by atoms with Crippen LogP contribution >= 0.6 is 0 Å². The molecule has 6 heteroatoms. The van der Waals surface area contributed by atoms with Gasteiger partial charge >= 0.3 is 0 Å². The number of carbonyl (C=O) groups is 2. The van der Waals surface area contributed by atoms with Gasteiger partial charge in [0.25, 0.3) is 5.91 Å². The molecule has 0 fully saturated rings. The number of aromatic nitrogens is 1. The van der Waals surface area contributed by atoms with E-state index in [0.717, 1.165) is 11.1 Å². The fourth-order valence-corrected chi connectivity index (χ4v) is 3.01. The van der Waals surface area contributed by atoms with E-state index in [1.54, 1.807) is 18.2 Å². The van der Waals surface area contributed by atoms with E-state index in [1.807, 2.05) is 63.2 Å². The van der Waals surface area contributed by atoms with Gasteiger partial charge < -0.3 is 15.2 Å². The van der Waals surface area contributed by atoms with E-state index < -0.39 is 6.04 Å². The molecule has 0 saturated heterocycles. The van der Waals surface area contributed by atoms with Crippen molar-refractivity contribution in [2.24, 2.45) is 5.92 Å². The van der Waals surface area contributed by atoms with Crippen molar-refractivity contribution in [1.29, 1.82) is 0 Å². The first-order valence-electron chi connectivity index (χ1n) is 9.61. The third kappa shape index (κ3) is 5.10. The van der Waals surface area contributed by atoms with Crippen LogP contribution in [0.2, 0.25) is 0 Å². The van der Waals surface area contributed by atoms with Crippen molar-refractivity contribution in [3.63, 3.8) is 0 Å². The van der Waals surface area contributed by atoms with Crippen molar-refractivity contribution in [1.82, 2.24) is 15.8 Å². The van der Waals surface area contributed by atoms with Gasteiger partial charge in [0.1, 0.15) is 11.7 Å². The minimum absolute atomic E-state index is 0.0717. The maximum absolute atomic E-state index is 12.7. The molecular formula is C23H25N3O3. The number of rotatable bonds is 7. The molecule has 2 aromatic carbocycles. The number of hydrogen-bond donors (Lipinski definition) is 2. The number of nitrogens with zero attached hydrogens (tertiary/aromatic N) is 1. The topological polar surface area (TPSA) is 84.2 Å². The molecule has 2 N–H and O–H groups in total. The third-order valence-corrected chi connectivity index (χ3v) is 4.69. The SMILES string of the molecule is Cc1ccccc1C(=O)N[C@@H](C(=O)NCc1cc(-c2ccccc2)no1)C(C)C. The zero-order valence-corrected chi connectivity index (χ0v) is 16.8. The molecule has 0 aliphatic heterocycles. The summed E-state index contributed by atoms with van der Waals surface area (Å²) in [5, 5.41) is 9.72. The van der Waals surface area contributed by atoms with E-state index in [2.05, 4.69) is 15.8 Å². The predicted molar refractivity (Wildman–Crippen MR) is 111 cm³/mol. The molecule has 6 nitrogen and oxygen atoms in total. The summed E-state index contributed by atoms with van der Waals surface area (Å²) in [5.41, 5.74) is 3.08. The Morgan fingerprint density at radius 3 is 2.41 bits per heavy atom. The van der Waals surface area contributed by atoms with Gasteiger partial charge in [-0.15, -0.1) is 0 Å². The van der Waals surface area contributed by atoms with Crippen molar-refractivity contribution < 1.29 is 14.1 Å². The van der Waals surface area contributed by atoms with Crippen LogP contribution in [0.3, 0.4) is 0 Å². The number of aryl methyl sites for hydroxylation is 1. The van der Waals surface area contributed by atoms with Crippen molar-refractivity contribution in [3.05, 3.63) is 77.6 Å². The lowest BCUT2D eigenvalue weighted by molar-refractivity contribution is -0.124. The number of amides is 2. The van der Waals surface area contributed by atoms with Crippen LogP contribution in [0.25, 0.3) is 11.3 Å². The van der Waals surface area contributed by atoms with E-state index in [-0.39, 0.29) is 24.3 Å². The minimum atomic E-state index is -0.654. The monoisotopic (exact) mass is 391 g/mol. The lowest BCUT2D eigenvalue weighted by atomic mass is 10.0. The summed E-state index contributed by atoms with van der Waals surface area (Å²) in [6.07, 6.45) is 0. The lowest BCUT2D eigenvalue weighted by Gasteiger charge is -2.22. The van der Waals surface area contributed by atoms with Crippen LogP contribution in [0.5, 0.6) is 0 Å². The first-order chi connectivity index (χ1) is 14.0. The van der Waals surface area contributed by atoms with E-state index in [9.17, 15) is 9.59 Å². The molecule has 3 aromatic rings. The highest BCUT2D eigenvalue weighted by Gasteiger charge is 2.25. The fourth-order valence-electron chi connectivity index (χ4n) is 3.01. The first kappa shape index (κ1) is 20.3. The van der Waals surface area contributed by atoms with Gasteiger partial charge in [-0.05, 0) is 24.5 Å². The summed E-state index contributed by atoms with van der Waals surface area (Å²) in [4.78, 5) is 25.3. The smallest absolute Gasteiger partial charge is 0.252 e. The second-order valence-electron chi connectivity index (χ2n) is 7.27. The Bertz CT molecular complexity index is 980. The van der Waals surface area contributed by atoms with Gasteiger partial charge in [0.2, 0.25) is 5.91 Å². The highest BCUT2D eigenvalue weighted by Crippen LogP contribution is 2.18. The largest absolute Gasteiger partial charge is 0.359 e. The Kier molecular flexibility index (Phi) is 6.44. The Hall–Kier alpha value is -3.41. The molecule has 1 atom stereocenters. The molecular weight excluding hydrogens is 366 g/mol. The van der Waals surface area contributed by atoms with Crippen LogP contribution in [0.15, 0.2) is 65.2 Å². The summed E-state index contributed by atoms with van der Waals surface area (Å²) in [7, 11) is 0. The molecule has 1 heterocycles. The van der Waals surface area contributed by atoms with Crippen LogP contribution < -0.4 is 10.6 Å².